The van der Waals surface area contributed by atoms with Gasteiger partial charge in [0.05, 0.1) is 28.7 Å². The monoisotopic (exact) mass is 500 g/mol. The van der Waals surface area contributed by atoms with E-state index in [1.54, 1.807) is 0 Å². The number of benzene rings is 1. The Morgan fingerprint density at radius 2 is 1.97 bits per heavy atom. The van der Waals surface area contributed by atoms with Gasteiger partial charge in [0.25, 0.3) is 11.6 Å². The number of nitrogens with zero attached hydrogens (tertiary/aromatic N) is 4. The molecule has 1 atom stereocenters. The van der Waals surface area contributed by atoms with Gasteiger partial charge in [-0.2, -0.15) is 0 Å². The average molecular weight is 501 g/mol. The SMILES string of the molecule is Cc1noc2ncc(NC(=O)c3ccc(F)c(-c4ccc(F)cc4)n3)c(N3CCC[C@H](N)C3)c12.Cl. The van der Waals surface area contributed by atoms with E-state index in [2.05, 4.69) is 25.3 Å². The van der Waals surface area contributed by atoms with Crippen molar-refractivity contribution in [2.24, 2.45) is 5.73 Å². The number of pyridine rings is 2. The number of carbonyl (C=O) groups excluding carboxylic acids is 1. The number of carbonyl (C=O) groups is 1. The number of aromatic nitrogens is 3. The van der Waals surface area contributed by atoms with Gasteiger partial charge in [0.1, 0.15) is 23.0 Å². The number of fused-ring (bicyclic) bond motifs is 1. The number of piperidine rings is 1. The molecule has 4 heterocycles. The van der Waals surface area contributed by atoms with Gasteiger partial charge in [-0.25, -0.2) is 18.7 Å². The zero-order valence-corrected chi connectivity index (χ0v) is 19.6. The van der Waals surface area contributed by atoms with Gasteiger partial charge in [-0.15, -0.1) is 12.4 Å². The van der Waals surface area contributed by atoms with E-state index in [1.807, 2.05) is 6.92 Å². The number of nitrogens with one attached hydrogen (secondary N) is 1. The number of amides is 1. The third-order valence-corrected chi connectivity index (χ3v) is 5.87. The summed E-state index contributed by atoms with van der Waals surface area (Å²) >= 11 is 0. The Labute approximate surface area is 205 Å². The molecule has 1 aliphatic heterocycles. The molecule has 182 valence electrons. The van der Waals surface area contributed by atoms with E-state index in [0.717, 1.165) is 31.1 Å². The highest BCUT2D eigenvalue weighted by atomic mass is 35.5. The van der Waals surface area contributed by atoms with Crippen LogP contribution in [0.3, 0.4) is 0 Å². The lowest BCUT2D eigenvalue weighted by molar-refractivity contribution is 0.102. The molecule has 4 aromatic rings. The molecule has 3 aromatic heterocycles. The van der Waals surface area contributed by atoms with Crippen LogP contribution in [0.15, 0.2) is 47.1 Å². The fraction of sp³-hybridized carbons (Fsp3) is 0.250. The molecule has 0 unspecified atom stereocenters. The molecule has 0 spiro atoms. The molecule has 5 rings (SSSR count). The summed E-state index contributed by atoms with van der Waals surface area (Å²) in [6.45, 7) is 3.17. The predicted molar refractivity (Wildman–Crippen MR) is 131 cm³/mol. The number of hydrogen-bond donors (Lipinski definition) is 2. The maximum Gasteiger partial charge on any atom is 0.274 e. The molecule has 1 fully saturated rings. The van der Waals surface area contributed by atoms with Crippen molar-refractivity contribution < 1.29 is 18.1 Å². The molecule has 0 saturated carbocycles. The highest BCUT2D eigenvalue weighted by molar-refractivity contribution is 6.08. The van der Waals surface area contributed by atoms with Gasteiger partial charge in [-0.3, -0.25) is 4.79 Å². The summed E-state index contributed by atoms with van der Waals surface area (Å²) in [7, 11) is 0. The van der Waals surface area contributed by atoms with E-state index >= 15 is 0 Å². The predicted octanol–water partition coefficient (Wildman–Crippen LogP) is 4.47. The molecule has 1 saturated heterocycles. The van der Waals surface area contributed by atoms with Crippen LogP contribution in [0.4, 0.5) is 20.2 Å². The van der Waals surface area contributed by atoms with Crippen LogP contribution >= 0.6 is 12.4 Å². The van der Waals surface area contributed by atoms with Crippen molar-refractivity contribution in [3.8, 4) is 11.3 Å². The fourth-order valence-electron chi connectivity index (χ4n) is 4.24. The van der Waals surface area contributed by atoms with Crippen LogP contribution in [0.25, 0.3) is 22.4 Å². The number of anilines is 2. The smallest absolute Gasteiger partial charge is 0.274 e. The van der Waals surface area contributed by atoms with Gasteiger partial charge in [-0.05, 0) is 56.2 Å². The summed E-state index contributed by atoms with van der Waals surface area (Å²) < 4.78 is 33.0. The summed E-state index contributed by atoms with van der Waals surface area (Å²) in [6.07, 6.45) is 3.33. The first-order valence-corrected chi connectivity index (χ1v) is 10.9. The summed E-state index contributed by atoms with van der Waals surface area (Å²) in [5.74, 6) is -1.61. The van der Waals surface area contributed by atoms with Crippen LogP contribution in [0.2, 0.25) is 0 Å². The molecule has 35 heavy (non-hydrogen) atoms. The number of hydrogen-bond acceptors (Lipinski definition) is 7. The van der Waals surface area contributed by atoms with Gasteiger partial charge in [-0.1, -0.05) is 5.16 Å². The molecule has 3 N–H and O–H groups in total. The third kappa shape index (κ3) is 4.80. The number of aryl methyl sites for hydroxylation is 1. The lowest BCUT2D eigenvalue weighted by Gasteiger charge is -2.34. The van der Waals surface area contributed by atoms with Crippen LogP contribution < -0.4 is 16.0 Å². The summed E-state index contributed by atoms with van der Waals surface area (Å²) in [6, 6.07) is 7.70. The minimum Gasteiger partial charge on any atom is -0.368 e. The first-order chi connectivity index (χ1) is 16.4. The third-order valence-electron chi connectivity index (χ3n) is 5.87. The standard InChI is InChI=1S/C24H22F2N6O2.ClH/c1-13-20-22(32-10-2-3-16(27)12-32)19(11-28-24(20)34-31-13)30-23(33)18-9-8-17(26)21(29-18)14-4-6-15(25)7-5-14;/h4-9,11,16H,2-3,10,12,27H2,1H3,(H,30,33);1H/t16-;/m0./s1. The van der Waals surface area contributed by atoms with Crippen LogP contribution in [0.1, 0.15) is 29.0 Å². The van der Waals surface area contributed by atoms with Crippen molar-refractivity contribution in [3.63, 3.8) is 0 Å². The van der Waals surface area contributed by atoms with Crippen molar-refractivity contribution in [1.82, 2.24) is 15.1 Å². The van der Waals surface area contributed by atoms with Crippen LogP contribution in [-0.2, 0) is 0 Å². The molecule has 0 bridgehead atoms. The van der Waals surface area contributed by atoms with Crippen molar-refractivity contribution in [1.29, 1.82) is 0 Å². The molecule has 11 heteroatoms. The zero-order chi connectivity index (χ0) is 23.8. The Morgan fingerprint density at radius 1 is 1.20 bits per heavy atom. The highest BCUT2D eigenvalue weighted by Gasteiger charge is 2.26. The zero-order valence-electron chi connectivity index (χ0n) is 18.8. The molecule has 1 aromatic carbocycles. The van der Waals surface area contributed by atoms with Crippen LogP contribution in [0, 0.1) is 18.6 Å². The van der Waals surface area contributed by atoms with E-state index in [9.17, 15) is 13.6 Å². The first-order valence-electron chi connectivity index (χ1n) is 10.9. The lowest BCUT2D eigenvalue weighted by atomic mass is 10.0. The maximum absolute atomic E-state index is 14.4. The minimum atomic E-state index is -0.616. The highest BCUT2D eigenvalue weighted by Crippen LogP contribution is 2.37. The maximum atomic E-state index is 14.4. The molecule has 1 aliphatic rings. The van der Waals surface area contributed by atoms with Crippen molar-refractivity contribution in [2.45, 2.75) is 25.8 Å². The molecule has 0 radical (unpaired) electrons. The normalized spacial score (nSPS) is 15.7. The van der Waals surface area contributed by atoms with E-state index < -0.39 is 17.5 Å². The van der Waals surface area contributed by atoms with Gasteiger partial charge in [0.15, 0.2) is 0 Å². The van der Waals surface area contributed by atoms with Crippen molar-refractivity contribution >= 4 is 40.8 Å². The molecular weight excluding hydrogens is 478 g/mol. The Balaban J connectivity index is 0.00000289. The van der Waals surface area contributed by atoms with Crippen molar-refractivity contribution in [3.05, 3.63) is 65.6 Å². The summed E-state index contributed by atoms with van der Waals surface area (Å²) in [4.78, 5) is 23.7. The minimum absolute atomic E-state index is 0. The molecule has 8 nitrogen and oxygen atoms in total. The van der Waals surface area contributed by atoms with Gasteiger partial charge in [0.2, 0.25) is 0 Å². The van der Waals surface area contributed by atoms with E-state index in [-0.39, 0.29) is 29.8 Å². The second-order valence-electron chi connectivity index (χ2n) is 8.30. The summed E-state index contributed by atoms with van der Waals surface area (Å²) in [5, 5.41) is 7.58. The first kappa shape index (κ1) is 24.5. The Bertz CT molecular complexity index is 1380. The second-order valence-corrected chi connectivity index (χ2v) is 8.30. The van der Waals surface area contributed by atoms with E-state index in [4.69, 9.17) is 10.3 Å². The Kier molecular flexibility index (Phi) is 6.95. The molecule has 0 aliphatic carbocycles. The van der Waals surface area contributed by atoms with Crippen molar-refractivity contribution in [2.75, 3.05) is 23.3 Å². The van der Waals surface area contributed by atoms with Crippen LogP contribution in [-0.4, -0.2) is 40.2 Å². The van der Waals surface area contributed by atoms with Gasteiger partial charge in [0, 0.05) is 24.7 Å². The Morgan fingerprint density at radius 3 is 2.71 bits per heavy atom. The average Bonchev–Trinajstić information content (AvgIpc) is 3.20. The van der Waals surface area contributed by atoms with Gasteiger partial charge >= 0.3 is 0 Å². The van der Waals surface area contributed by atoms with E-state index in [0.29, 0.717) is 34.6 Å². The fourth-order valence-corrected chi connectivity index (χ4v) is 4.24. The number of rotatable bonds is 4. The largest absolute Gasteiger partial charge is 0.368 e. The molecular formula is C24H23ClF2N6O2. The Hall–Kier alpha value is -3.63. The second kappa shape index (κ2) is 9.93. The van der Waals surface area contributed by atoms with Gasteiger partial charge < -0.3 is 20.5 Å². The van der Waals surface area contributed by atoms with E-state index in [1.165, 1.54) is 36.5 Å². The number of nitrogens with two attached hydrogens (primary N) is 1. The lowest BCUT2D eigenvalue weighted by Crippen LogP contribution is -2.43. The topological polar surface area (TPSA) is 110 Å². The number of halogens is 3. The quantitative estimate of drug-likeness (QED) is 0.425. The summed E-state index contributed by atoms with van der Waals surface area (Å²) in [5.41, 5.74) is 8.72. The molecule has 1 amide bonds. The van der Waals surface area contributed by atoms with Crippen LogP contribution in [0.5, 0.6) is 0 Å².